The summed E-state index contributed by atoms with van der Waals surface area (Å²) in [4.78, 5) is 36.8. The van der Waals surface area contributed by atoms with Gasteiger partial charge in [0.15, 0.2) is 11.6 Å². The summed E-state index contributed by atoms with van der Waals surface area (Å²) in [6, 6.07) is 12.3. The monoisotopic (exact) mass is 508 g/mol. The van der Waals surface area contributed by atoms with Gasteiger partial charge in [-0.1, -0.05) is 17.7 Å². The van der Waals surface area contributed by atoms with E-state index < -0.39 is 23.3 Å². The molecule has 182 valence electrons. The second-order valence-electron chi connectivity index (χ2n) is 8.11. The molecule has 0 bridgehead atoms. The van der Waals surface area contributed by atoms with Crippen LogP contribution in [0.4, 0.5) is 20.3 Å². The molecule has 0 unspecified atom stereocenters. The van der Waals surface area contributed by atoms with Gasteiger partial charge in [-0.25, -0.2) is 13.8 Å². The standard InChI is InChI=1S/C26H19ClF2N4O3/c27-18-12-16(4-6-19(18)28)26(35)32-21-3-1-2-17(24(21)29)25(34)15-5-7-20-22(13-15)31-23(14-30-20)33-8-10-36-11-9-33/h1-7,12-14H,8-11H2,(H,32,35). The largest absolute Gasteiger partial charge is 0.378 e. The molecule has 0 aliphatic carbocycles. The normalized spacial score (nSPS) is 13.6. The number of rotatable bonds is 5. The number of carbonyl (C=O) groups is 2. The molecular weight excluding hydrogens is 490 g/mol. The molecule has 36 heavy (non-hydrogen) atoms. The molecule has 0 saturated carbocycles. The second kappa shape index (κ2) is 9.96. The van der Waals surface area contributed by atoms with Crippen LogP contribution < -0.4 is 10.2 Å². The maximum atomic E-state index is 15.3. The van der Waals surface area contributed by atoms with E-state index in [0.717, 1.165) is 12.1 Å². The molecule has 5 rings (SSSR count). The molecule has 1 N–H and O–H groups in total. The minimum Gasteiger partial charge on any atom is -0.378 e. The van der Waals surface area contributed by atoms with Gasteiger partial charge in [-0.2, -0.15) is 0 Å². The fraction of sp³-hybridized carbons (Fsp3) is 0.154. The molecule has 1 saturated heterocycles. The van der Waals surface area contributed by atoms with Gasteiger partial charge in [0.05, 0.1) is 46.7 Å². The van der Waals surface area contributed by atoms with E-state index in [2.05, 4.69) is 15.3 Å². The number of benzene rings is 3. The van der Waals surface area contributed by atoms with E-state index in [1.807, 2.05) is 4.90 Å². The van der Waals surface area contributed by atoms with Crippen molar-refractivity contribution in [2.45, 2.75) is 0 Å². The number of nitrogens with one attached hydrogen (secondary N) is 1. The highest BCUT2D eigenvalue weighted by molar-refractivity contribution is 6.31. The first-order valence-electron chi connectivity index (χ1n) is 11.1. The number of carbonyl (C=O) groups excluding carboxylic acids is 2. The Bertz CT molecular complexity index is 1490. The van der Waals surface area contributed by atoms with E-state index in [9.17, 15) is 14.0 Å². The van der Waals surface area contributed by atoms with Gasteiger partial charge in [-0.05, 0) is 48.5 Å². The van der Waals surface area contributed by atoms with Gasteiger partial charge in [-0.3, -0.25) is 14.6 Å². The summed E-state index contributed by atoms with van der Waals surface area (Å²) in [5.74, 6) is -2.17. The lowest BCUT2D eigenvalue weighted by atomic mass is 10.0. The molecule has 0 radical (unpaired) electrons. The quantitative estimate of drug-likeness (QED) is 0.387. The Hall–Kier alpha value is -3.95. The first-order valence-corrected chi connectivity index (χ1v) is 11.5. The highest BCUT2D eigenvalue weighted by atomic mass is 35.5. The molecule has 4 aromatic rings. The van der Waals surface area contributed by atoms with Crippen LogP contribution in [0.15, 0.2) is 60.8 Å². The Morgan fingerprint density at radius 1 is 0.972 bits per heavy atom. The van der Waals surface area contributed by atoms with E-state index in [1.54, 1.807) is 24.4 Å². The zero-order valence-electron chi connectivity index (χ0n) is 18.8. The molecule has 7 nitrogen and oxygen atoms in total. The Morgan fingerprint density at radius 3 is 2.53 bits per heavy atom. The van der Waals surface area contributed by atoms with Crippen molar-refractivity contribution in [3.63, 3.8) is 0 Å². The van der Waals surface area contributed by atoms with Crippen LogP contribution in [0.3, 0.4) is 0 Å². The Morgan fingerprint density at radius 2 is 1.75 bits per heavy atom. The molecule has 0 atom stereocenters. The average molecular weight is 509 g/mol. The predicted octanol–water partition coefficient (Wildman–Crippen LogP) is 4.88. The van der Waals surface area contributed by atoms with Crippen molar-refractivity contribution in [2.75, 3.05) is 36.5 Å². The molecule has 1 aliphatic heterocycles. The highest BCUT2D eigenvalue weighted by Crippen LogP contribution is 2.24. The highest BCUT2D eigenvalue weighted by Gasteiger charge is 2.20. The Labute approximate surface area is 209 Å². The molecule has 1 amide bonds. The van der Waals surface area contributed by atoms with Crippen molar-refractivity contribution < 1.29 is 23.1 Å². The van der Waals surface area contributed by atoms with Gasteiger partial charge in [0.25, 0.3) is 5.91 Å². The molecule has 2 heterocycles. The van der Waals surface area contributed by atoms with Crippen molar-refractivity contribution in [1.82, 2.24) is 9.97 Å². The van der Waals surface area contributed by atoms with Crippen LogP contribution in [-0.4, -0.2) is 48.0 Å². The van der Waals surface area contributed by atoms with Crippen LogP contribution in [0.25, 0.3) is 11.0 Å². The molecule has 1 aromatic heterocycles. The van der Waals surface area contributed by atoms with E-state index in [-0.39, 0.29) is 27.4 Å². The number of hydrogen-bond donors (Lipinski definition) is 1. The van der Waals surface area contributed by atoms with Gasteiger partial charge < -0.3 is 15.0 Å². The molecule has 10 heteroatoms. The lowest BCUT2D eigenvalue weighted by Gasteiger charge is -2.27. The molecule has 3 aromatic carbocycles. The number of ether oxygens (including phenoxy) is 1. The van der Waals surface area contributed by atoms with Crippen molar-refractivity contribution >= 4 is 45.8 Å². The number of ketones is 1. The minimum absolute atomic E-state index is 0.0432. The van der Waals surface area contributed by atoms with Crippen LogP contribution in [-0.2, 0) is 4.74 Å². The number of halogens is 3. The number of nitrogens with zero attached hydrogens (tertiary/aromatic N) is 3. The van der Waals surface area contributed by atoms with Gasteiger partial charge in [-0.15, -0.1) is 0 Å². The number of fused-ring (bicyclic) bond motifs is 1. The van der Waals surface area contributed by atoms with E-state index in [1.165, 1.54) is 24.3 Å². The molecule has 0 spiro atoms. The van der Waals surface area contributed by atoms with Gasteiger partial charge in [0, 0.05) is 24.2 Å². The summed E-state index contributed by atoms with van der Waals surface area (Å²) in [5.41, 5.74) is 0.958. The number of anilines is 2. The second-order valence-corrected chi connectivity index (χ2v) is 8.52. The molecule has 1 aliphatic rings. The van der Waals surface area contributed by atoms with E-state index in [0.29, 0.717) is 43.2 Å². The van der Waals surface area contributed by atoms with Crippen LogP contribution in [0.2, 0.25) is 5.02 Å². The number of morpholine rings is 1. The predicted molar refractivity (Wildman–Crippen MR) is 132 cm³/mol. The first-order chi connectivity index (χ1) is 17.4. The van der Waals surface area contributed by atoms with Crippen molar-refractivity contribution in [1.29, 1.82) is 0 Å². The minimum atomic E-state index is -0.891. The summed E-state index contributed by atoms with van der Waals surface area (Å²) >= 11 is 5.73. The zero-order valence-corrected chi connectivity index (χ0v) is 19.6. The maximum Gasteiger partial charge on any atom is 0.255 e. The molecular formula is C26H19ClF2N4O3. The van der Waals surface area contributed by atoms with E-state index >= 15 is 4.39 Å². The Kier molecular flexibility index (Phi) is 6.58. The van der Waals surface area contributed by atoms with Gasteiger partial charge in [0.2, 0.25) is 0 Å². The third kappa shape index (κ3) is 4.75. The molecule has 1 fully saturated rings. The lowest BCUT2D eigenvalue weighted by Crippen LogP contribution is -2.36. The topological polar surface area (TPSA) is 84.4 Å². The fourth-order valence-corrected chi connectivity index (χ4v) is 4.06. The fourth-order valence-electron chi connectivity index (χ4n) is 3.88. The Balaban J connectivity index is 1.41. The van der Waals surface area contributed by atoms with Crippen LogP contribution in [0.5, 0.6) is 0 Å². The van der Waals surface area contributed by atoms with Crippen LogP contribution in [0, 0.1) is 11.6 Å². The summed E-state index contributed by atoms with van der Waals surface area (Å²) < 4.78 is 34.0. The average Bonchev–Trinajstić information content (AvgIpc) is 2.91. The third-order valence-electron chi connectivity index (χ3n) is 5.80. The maximum absolute atomic E-state index is 15.3. The summed E-state index contributed by atoms with van der Waals surface area (Å²) in [7, 11) is 0. The summed E-state index contributed by atoms with van der Waals surface area (Å²) in [6.07, 6.45) is 1.68. The van der Waals surface area contributed by atoms with Crippen LogP contribution >= 0.6 is 11.6 Å². The number of hydrogen-bond acceptors (Lipinski definition) is 6. The zero-order chi connectivity index (χ0) is 25.2. The summed E-state index contributed by atoms with van der Waals surface area (Å²) in [6.45, 7) is 2.57. The van der Waals surface area contributed by atoms with Crippen LogP contribution in [0.1, 0.15) is 26.3 Å². The lowest BCUT2D eigenvalue weighted by molar-refractivity contribution is 0.101. The number of aromatic nitrogens is 2. The van der Waals surface area contributed by atoms with Gasteiger partial charge >= 0.3 is 0 Å². The summed E-state index contributed by atoms with van der Waals surface area (Å²) in [5, 5.41) is 2.17. The smallest absolute Gasteiger partial charge is 0.255 e. The van der Waals surface area contributed by atoms with Crippen molar-refractivity contribution in [3.05, 3.63) is 94.1 Å². The third-order valence-corrected chi connectivity index (χ3v) is 6.09. The van der Waals surface area contributed by atoms with Crippen molar-refractivity contribution in [2.24, 2.45) is 0 Å². The van der Waals surface area contributed by atoms with Crippen molar-refractivity contribution in [3.8, 4) is 0 Å². The van der Waals surface area contributed by atoms with Gasteiger partial charge in [0.1, 0.15) is 11.6 Å². The first kappa shape index (κ1) is 23.8. The SMILES string of the molecule is O=C(Nc1cccc(C(=O)c2ccc3ncc(N4CCOCC4)nc3c2)c1F)c1ccc(F)c(Cl)c1. The van der Waals surface area contributed by atoms with E-state index in [4.69, 9.17) is 16.3 Å². The number of amides is 1.